The van der Waals surface area contributed by atoms with Crippen LogP contribution in [0.5, 0.6) is 5.75 Å². The lowest BCUT2D eigenvalue weighted by Gasteiger charge is -2.29. The van der Waals surface area contributed by atoms with Crippen molar-refractivity contribution >= 4 is 29.2 Å². The highest BCUT2D eigenvalue weighted by atomic mass is 16.5. The molecule has 7 heteroatoms. The number of benzene rings is 2. The van der Waals surface area contributed by atoms with Crippen LogP contribution < -0.4 is 15.0 Å². The Labute approximate surface area is 169 Å². The van der Waals surface area contributed by atoms with Crippen molar-refractivity contribution in [3.63, 3.8) is 0 Å². The molecule has 2 N–H and O–H groups in total. The van der Waals surface area contributed by atoms with Crippen LogP contribution in [0.4, 0.5) is 11.4 Å². The van der Waals surface area contributed by atoms with Crippen molar-refractivity contribution in [2.45, 2.75) is 32.1 Å². The number of amides is 2. The number of carboxylic acid groups (broad SMARTS) is 1. The largest absolute Gasteiger partial charge is 0.494 e. The van der Waals surface area contributed by atoms with E-state index in [1.54, 1.807) is 29.2 Å². The molecule has 0 saturated heterocycles. The van der Waals surface area contributed by atoms with Gasteiger partial charge in [0.25, 0.3) is 0 Å². The van der Waals surface area contributed by atoms with Crippen molar-refractivity contribution in [3.8, 4) is 5.75 Å². The van der Waals surface area contributed by atoms with Gasteiger partial charge in [0.1, 0.15) is 5.75 Å². The first-order chi connectivity index (χ1) is 14.0. The third kappa shape index (κ3) is 5.81. The minimum absolute atomic E-state index is 0.0425. The number of rotatable bonds is 9. The number of carbonyl (C=O) groups excluding carboxylic acids is 2. The van der Waals surface area contributed by atoms with E-state index >= 15 is 0 Å². The number of ether oxygens (including phenoxy) is 1. The van der Waals surface area contributed by atoms with E-state index in [2.05, 4.69) is 5.32 Å². The molecule has 0 spiro atoms. The molecular formula is C22H24N2O5. The fraction of sp³-hybridized carbons (Fsp3) is 0.318. The molecule has 1 aliphatic heterocycles. The van der Waals surface area contributed by atoms with E-state index in [-0.39, 0.29) is 24.7 Å². The van der Waals surface area contributed by atoms with Crippen LogP contribution >= 0.6 is 0 Å². The van der Waals surface area contributed by atoms with Crippen LogP contribution in [-0.4, -0.2) is 36.0 Å². The summed E-state index contributed by atoms with van der Waals surface area (Å²) >= 11 is 0. The van der Waals surface area contributed by atoms with Crippen LogP contribution in [0.3, 0.4) is 0 Å². The third-order valence-electron chi connectivity index (χ3n) is 4.70. The molecular weight excluding hydrogens is 372 g/mol. The molecule has 7 nitrogen and oxygen atoms in total. The van der Waals surface area contributed by atoms with Crippen molar-refractivity contribution in [2.24, 2.45) is 0 Å². The monoisotopic (exact) mass is 396 g/mol. The Balaban J connectivity index is 1.47. The standard InChI is InChI=1S/C22H24N2O5/c25-20(13-14-24-19-5-2-1-4-16(19)7-12-21(24)26)23-17-8-10-18(11-9-17)29-15-3-6-22(27)28/h1-2,4-5,8-11H,3,6-7,12-15H2,(H,23,25)(H,27,28). The van der Waals surface area contributed by atoms with Gasteiger partial charge in [0.2, 0.25) is 11.8 Å². The predicted octanol–water partition coefficient (Wildman–Crippen LogP) is 3.24. The molecule has 0 fully saturated rings. The van der Waals surface area contributed by atoms with Crippen molar-refractivity contribution < 1.29 is 24.2 Å². The lowest BCUT2D eigenvalue weighted by molar-refractivity contribution is -0.137. The second-order valence-corrected chi connectivity index (χ2v) is 6.84. The quantitative estimate of drug-likeness (QED) is 0.635. The molecule has 2 aromatic rings. The lowest BCUT2D eigenvalue weighted by Crippen LogP contribution is -2.37. The van der Waals surface area contributed by atoms with Crippen molar-refractivity contribution in [1.29, 1.82) is 0 Å². The summed E-state index contributed by atoms with van der Waals surface area (Å²) in [7, 11) is 0. The fourth-order valence-electron chi connectivity index (χ4n) is 3.23. The van der Waals surface area contributed by atoms with Gasteiger partial charge in [-0.05, 0) is 48.7 Å². The highest BCUT2D eigenvalue weighted by molar-refractivity contribution is 5.98. The zero-order valence-electron chi connectivity index (χ0n) is 16.1. The summed E-state index contributed by atoms with van der Waals surface area (Å²) in [6, 6.07) is 14.7. The minimum atomic E-state index is -0.846. The van der Waals surface area contributed by atoms with Gasteiger partial charge in [-0.25, -0.2) is 0 Å². The van der Waals surface area contributed by atoms with Crippen molar-refractivity contribution in [3.05, 3.63) is 54.1 Å². The van der Waals surface area contributed by atoms with E-state index < -0.39 is 5.97 Å². The van der Waals surface area contributed by atoms with Crippen LogP contribution in [0.2, 0.25) is 0 Å². The lowest BCUT2D eigenvalue weighted by atomic mass is 10.0. The van der Waals surface area contributed by atoms with Crippen LogP contribution in [0.15, 0.2) is 48.5 Å². The molecule has 1 heterocycles. The second-order valence-electron chi connectivity index (χ2n) is 6.84. The molecule has 0 bridgehead atoms. The van der Waals surface area contributed by atoms with Gasteiger partial charge in [0.05, 0.1) is 6.61 Å². The Morgan fingerprint density at radius 3 is 2.55 bits per heavy atom. The number of para-hydroxylation sites is 1. The topological polar surface area (TPSA) is 95.9 Å². The summed E-state index contributed by atoms with van der Waals surface area (Å²) in [6.07, 6.45) is 1.91. The Morgan fingerprint density at radius 2 is 1.79 bits per heavy atom. The summed E-state index contributed by atoms with van der Waals surface area (Å²) in [6.45, 7) is 0.662. The second kappa shape index (κ2) is 9.73. The molecule has 0 aliphatic carbocycles. The number of hydrogen-bond acceptors (Lipinski definition) is 4. The molecule has 29 heavy (non-hydrogen) atoms. The molecule has 0 unspecified atom stereocenters. The van der Waals surface area contributed by atoms with E-state index in [0.29, 0.717) is 37.4 Å². The maximum atomic E-state index is 12.3. The molecule has 3 rings (SSSR count). The number of nitrogens with zero attached hydrogens (tertiary/aromatic N) is 1. The molecule has 2 amide bonds. The highest BCUT2D eigenvalue weighted by Gasteiger charge is 2.23. The van der Waals surface area contributed by atoms with Crippen LogP contribution in [0.1, 0.15) is 31.2 Å². The van der Waals surface area contributed by atoms with Gasteiger partial charge in [0, 0.05) is 37.2 Å². The van der Waals surface area contributed by atoms with Crippen LogP contribution in [-0.2, 0) is 20.8 Å². The number of aryl methyl sites for hydroxylation is 1. The van der Waals surface area contributed by atoms with Gasteiger partial charge in [0.15, 0.2) is 0 Å². The Kier molecular flexibility index (Phi) is 6.84. The number of nitrogens with one attached hydrogen (secondary N) is 1. The van der Waals surface area contributed by atoms with Gasteiger partial charge in [-0.15, -0.1) is 0 Å². The molecule has 0 radical (unpaired) electrons. The first-order valence-electron chi connectivity index (χ1n) is 9.66. The number of anilines is 2. The molecule has 2 aromatic carbocycles. The summed E-state index contributed by atoms with van der Waals surface area (Å²) in [4.78, 5) is 36.7. The van der Waals surface area contributed by atoms with Crippen molar-refractivity contribution in [2.75, 3.05) is 23.4 Å². The van der Waals surface area contributed by atoms with E-state index in [9.17, 15) is 14.4 Å². The summed E-state index contributed by atoms with van der Waals surface area (Å²) in [5, 5.41) is 11.4. The number of hydrogen-bond donors (Lipinski definition) is 2. The first-order valence-corrected chi connectivity index (χ1v) is 9.66. The van der Waals surface area contributed by atoms with Gasteiger partial charge < -0.3 is 20.1 Å². The number of carboxylic acids is 1. The highest BCUT2D eigenvalue weighted by Crippen LogP contribution is 2.27. The fourth-order valence-corrected chi connectivity index (χ4v) is 3.23. The normalized spacial score (nSPS) is 13.0. The molecule has 0 atom stereocenters. The average Bonchev–Trinajstić information content (AvgIpc) is 2.71. The van der Waals surface area contributed by atoms with Crippen LogP contribution in [0, 0.1) is 0 Å². The molecule has 0 saturated carbocycles. The molecule has 0 aromatic heterocycles. The van der Waals surface area contributed by atoms with Crippen molar-refractivity contribution in [1.82, 2.24) is 0 Å². The maximum Gasteiger partial charge on any atom is 0.303 e. The zero-order chi connectivity index (χ0) is 20.6. The summed E-state index contributed by atoms with van der Waals surface area (Å²) < 4.78 is 5.47. The predicted molar refractivity (Wildman–Crippen MR) is 109 cm³/mol. The van der Waals surface area contributed by atoms with E-state index in [1.807, 2.05) is 24.3 Å². The zero-order valence-corrected chi connectivity index (χ0v) is 16.1. The minimum Gasteiger partial charge on any atom is -0.494 e. The van der Waals surface area contributed by atoms with E-state index in [0.717, 1.165) is 17.7 Å². The smallest absolute Gasteiger partial charge is 0.303 e. The van der Waals surface area contributed by atoms with E-state index in [1.165, 1.54) is 0 Å². The van der Waals surface area contributed by atoms with E-state index in [4.69, 9.17) is 9.84 Å². The maximum absolute atomic E-state index is 12.3. The first kappa shape index (κ1) is 20.4. The Morgan fingerprint density at radius 1 is 1.03 bits per heavy atom. The molecule has 152 valence electrons. The number of carbonyl (C=O) groups is 3. The molecule has 1 aliphatic rings. The summed E-state index contributed by atoms with van der Waals surface area (Å²) in [5.41, 5.74) is 2.66. The SMILES string of the molecule is O=C(O)CCCOc1ccc(NC(=O)CCN2C(=O)CCc3ccccc32)cc1. The van der Waals surface area contributed by atoms with Gasteiger partial charge in [-0.1, -0.05) is 18.2 Å². The number of aliphatic carboxylic acids is 1. The summed E-state index contributed by atoms with van der Waals surface area (Å²) in [5.74, 6) is -0.359. The third-order valence-corrected chi connectivity index (χ3v) is 4.70. The Bertz CT molecular complexity index is 879. The van der Waals surface area contributed by atoms with Gasteiger partial charge >= 0.3 is 5.97 Å². The number of fused-ring (bicyclic) bond motifs is 1. The van der Waals surface area contributed by atoms with Gasteiger partial charge in [-0.2, -0.15) is 0 Å². The Hall–Kier alpha value is -3.35. The van der Waals surface area contributed by atoms with Crippen LogP contribution in [0.25, 0.3) is 0 Å². The van der Waals surface area contributed by atoms with Gasteiger partial charge in [-0.3, -0.25) is 14.4 Å². The average molecular weight is 396 g/mol.